The van der Waals surface area contributed by atoms with E-state index < -0.39 is 18.3 Å². The molecule has 0 saturated carbocycles. The molecule has 4 nitrogen and oxygen atoms in total. The van der Waals surface area contributed by atoms with Crippen LogP contribution in [-0.4, -0.2) is 28.3 Å². The van der Waals surface area contributed by atoms with Crippen molar-refractivity contribution in [2.75, 3.05) is 0 Å². The van der Waals surface area contributed by atoms with Crippen LogP contribution in [0, 0.1) is 11.6 Å². The molecule has 3 heterocycles. The minimum absolute atomic E-state index is 0.234. The summed E-state index contributed by atoms with van der Waals surface area (Å²) in [6, 6.07) is 12.8. The normalized spacial score (nSPS) is 16.8. The second kappa shape index (κ2) is 8.50. The van der Waals surface area contributed by atoms with Crippen molar-refractivity contribution in [1.82, 2.24) is 9.97 Å². The van der Waals surface area contributed by atoms with E-state index in [1.54, 1.807) is 24.5 Å². The molecular formula is C24H22BBrF2N2O2. The Kier molecular flexibility index (Phi) is 6.05. The number of fused-ring (bicyclic) bond motifs is 2. The van der Waals surface area contributed by atoms with E-state index in [4.69, 9.17) is 9.31 Å². The van der Waals surface area contributed by atoms with Crippen LogP contribution in [0.2, 0.25) is 0 Å². The highest BCUT2D eigenvalue weighted by Crippen LogP contribution is 2.36. The maximum atomic E-state index is 13.3. The lowest BCUT2D eigenvalue weighted by Gasteiger charge is -2.32. The van der Waals surface area contributed by atoms with Gasteiger partial charge < -0.3 is 9.31 Å². The first kappa shape index (κ1) is 22.8. The lowest BCUT2D eigenvalue weighted by Crippen LogP contribution is -2.41. The van der Waals surface area contributed by atoms with Gasteiger partial charge in [0, 0.05) is 33.1 Å². The first-order valence-electron chi connectivity index (χ1n) is 10.2. The van der Waals surface area contributed by atoms with Gasteiger partial charge >= 0.3 is 7.12 Å². The number of pyridine rings is 2. The van der Waals surface area contributed by atoms with E-state index >= 15 is 0 Å². The molecule has 8 heteroatoms. The van der Waals surface area contributed by atoms with E-state index in [9.17, 15) is 8.78 Å². The number of halogens is 3. The summed E-state index contributed by atoms with van der Waals surface area (Å²) in [5.74, 6) is -0.507. The van der Waals surface area contributed by atoms with Crippen molar-refractivity contribution in [2.24, 2.45) is 0 Å². The number of hydrogen-bond acceptors (Lipinski definition) is 4. The van der Waals surface area contributed by atoms with Crippen molar-refractivity contribution in [3.63, 3.8) is 0 Å². The van der Waals surface area contributed by atoms with E-state index in [1.165, 1.54) is 24.3 Å². The van der Waals surface area contributed by atoms with E-state index in [2.05, 4.69) is 25.9 Å². The zero-order valence-corrected chi connectivity index (χ0v) is 19.8. The molecule has 4 aromatic rings. The van der Waals surface area contributed by atoms with Crippen LogP contribution < -0.4 is 5.46 Å². The van der Waals surface area contributed by atoms with E-state index in [1.807, 2.05) is 39.8 Å². The molecule has 0 aliphatic carbocycles. The van der Waals surface area contributed by atoms with Crippen molar-refractivity contribution in [3.05, 3.63) is 77.0 Å². The molecule has 1 fully saturated rings. The fourth-order valence-corrected chi connectivity index (χ4v) is 3.65. The molecule has 0 bridgehead atoms. The predicted molar refractivity (Wildman–Crippen MR) is 127 cm³/mol. The van der Waals surface area contributed by atoms with Crippen molar-refractivity contribution >= 4 is 50.3 Å². The number of benzene rings is 2. The fourth-order valence-electron chi connectivity index (χ4n) is 3.30. The summed E-state index contributed by atoms with van der Waals surface area (Å²) < 4.78 is 38.8. The minimum atomic E-state index is -0.472. The van der Waals surface area contributed by atoms with Crippen LogP contribution in [0.5, 0.6) is 0 Å². The van der Waals surface area contributed by atoms with Gasteiger partial charge in [-0.1, -0.05) is 6.07 Å². The monoisotopic (exact) mass is 498 g/mol. The first-order valence-corrected chi connectivity index (χ1v) is 11.0. The van der Waals surface area contributed by atoms with Gasteiger partial charge in [-0.2, -0.15) is 0 Å². The van der Waals surface area contributed by atoms with Gasteiger partial charge in [-0.25, -0.2) is 8.78 Å². The van der Waals surface area contributed by atoms with Gasteiger partial charge in [0.1, 0.15) is 11.6 Å². The Morgan fingerprint density at radius 1 is 0.750 bits per heavy atom. The quantitative estimate of drug-likeness (QED) is 0.311. The molecule has 0 unspecified atom stereocenters. The Hall–Kier alpha value is -2.42. The number of hydrogen-bond donors (Lipinski definition) is 0. The summed E-state index contributed by atoms with van der Waals surface area (Å²) in [6.07, 6.45) is 3.42. The maximum absolute atomic E-state index is 13.3. The van der Waals surface area contributed by atoms with Gasteiger partial charge in [-0.15, -0.1) is 0 Å². The molecule has 32 heavy (non-hydrogen) atoms. The number of nitrogens with zero attached hydrogens (tertiary/aromatic N) is 2. The Labute approximate surface area is 194 Å². The zero-order valence-electron chi connectivity index (χ0n) is 18.2. The Bertz CT molecular complexity index is 1250. The van der Waals surface area contributed by atoms with Crippen LogP contribution in [-0.2, 0) is 9.31 Å². The lowest BCUT2D eigenvalue weighted by atomic mass is 9.80. The Morgan fingerprint density at radius 2 is 1.25 bits per heavy atom. The van der Waals surface area contributed by atoms with Crippen LogP contribution in [0.1, 0.15) is 27.7 Å². The van der Waals surface area contributed by atoms with E-state index in [0.717, 1.165) is 31.7 Å². The van der Waals surface area contributed by atoms with Crippen molar-refractivity contribution in [2.45, 2.75) is 38.9 Å². The molecule has 164 valence electrons. The largest absolute Gasteiger partial charge is 0.496 e. The molecule has 0 amide bonds. The summed E-state index contributed by atoms with van der Waals surface area (Å²) in [4.78, 5) is 8.44. The molecule has 0 radical (unpaired) electrons. The zero-order chi connectivity index (χ0) is 23.1. The first-order chi connectivity index (χ1) is 15.0. The van der Waals surface area contributed by atoms with Crippen LogP contribution in [0.3, 0.4) is 0 Å². The summed E-state index contributed by atoms with van der Waals surface area (Å²) >= 11 is 3.27. The van der Waals surface area contributed by atoms with Gasteiger partial charge in [0.25, 0.3) is 0 Å². The van der Waals surface area contributed by atoms with Crippen molar-refractivity contribution in [3.8, 4) is 0 Å². The Morgan fingerprint density at radius 3 is 1.81 bits per heavy atom. The predicted octanol–water partition coefficient (Wildman–Crippen LogP) is 5.81. The summed E-state index contributed by atoms with van der Waals surface area (Å²) in [7, 11) is -0.472. The van der Waals surface area contributed by atoms with Gasteiger partial charge in [0.15, 0.2) is 0 Å². The lowest BCUT2D eigenvalue weighted by molar-refractivity contribution is 0.00578. The summed E-state index contributed by atoms with van der Waals surface area (Å²) in [5, 5.41) is 1.56. The molecule has 2 aromatic carbocycles. The smallest absolute Gasteiger partial charge is 0.399 e. The molecular weight excluding hydrogens is 477 g/mol. The van der Waals surface area contributed by atoms with Gasteiger partial charge in [0.05, 0.1) is 22.2 Å². The highest BCUT2D eigenvalue weighted by atomic mass is 79.9. The average Bonchev–Trinajstić information content (AvgIpc) is 2.94. The van der Waals surface area contributed by atoms with Crippen LogP contribution >= 0.6 is 15.9 Å². The molecule has 0 atom stereocenters. The maximum Gasteiger partial charge on any atom is 0.496 e. The van der Waals surface area contributed by atoms with Gasteiger partial charge in [-0.3, -0.25) is 9.97 Å². The highest BCUT2D eigenvalue weighted by Gasteiger charge is 2.51. The topological polar surface area (TPSA) is 44.2 Å². The standard InChI is InChI=1S/C15H17BFNO2.C9H5BrFN/c1-14(2)15(3,4)20-16(19-14)11-7-10-8-12(17)5-6-13(10)18-9-11;10-7-3-6-4-8(11)1-2-9(6)12-5-7/h5-9H,1-4H3;1-5H. The minimum Gasteiger partial charge on any atom is -0.399 e. The van der Waals surface area contributed by atoms with Crippen molar-refractivity contribution in [1.29, 1.82) is 0 Å². The molecule has 0 N–H and O–H groups in total. The molecule has 1 aliphatic rings. The number of rotatable bonds is 1. The van der Waals surface area contributed by atoms with Crippen LogP contribution in [0.15, 0.2) is 65.4 Å². The van der Waals surface area contributed by atoms with Crippen LogP contribution in [0.25, 0.3) is 21.8 Å². The molecule has 1 aliphatic heterocycles. The van der Waals surface area contributed by atoms with E-state index in [0.29, 0.717) is 0 Å². The molecule has 5 rings (SSSR count). The van der Waals surface area contributed by atoms with E-state index in [-0.39, 0.29) is 11.6 Å². The summed E-state index contributed by atoms with van der Waals surface area (Å²) in [6.45, 7) is 8.00. The van der Waals surface area contributed by atoms with Gasteiger partial charge in [0.2, 0.25) is 0 Å². The second-order valence-electron chi connectivity index (χ2n) is 8.68. The van der Waals surface area contributed by atoms with Gasteiger partial charge in [-0.05, 0) is 86.1 Å². The third kappa shape index (κ3) is 4.67. The second-order valence-corrected chi connectivity index (χ2v) is 9.60. The number of aromatic nitrogens is 2. The SMILES string of the molecule is CC1(C)OB(c2cnc3ccc(F)cc3c2)OC1(C)C.Fc1ccc2ncc(Br)cc2c1. The van der Waals surface area contributed by atoms with Crippen molar-refractivity contribution < 1.29 is 18.1 Å². The highest BCUT2D eigenvalue weighted by molar-refractivity contribution is 9.10. The molecule has 0 spiro atoms. The third-order valence-electron chi connectivity index (χ3n) is 5.80. The third-order valence-corrected chi connectivity index (χ3v) is 6.23. The summed E-state index contributed by atoms with van der Waals surface area (Å²) in [5.41, 5.74) is 1.58. The molecule has 1 saturated heterocycles. The van der Waals surface area contributed by atoms with Crippen LogP contribution in [0.4, 0.5) is 8.78 Å². The average molecular weight is 499 g/mol. The fraction of sp³-hybridized carbons (Fsp3) is 0.250. The molecule has 2 aromatic heterocycles. The Balaban J connectivity index is 0.000000174.